The summed E-state index contributed by atoms with van der Waals surface area (Å²) in [6, 6.07) is 6.54. The Hall–Kier alpha value is -1.79. The number of carbonyl (C=O) groups is 1. The van der Waals surface area contributed by atoms with Gasteiger partial charge < -0.3 is 25.2 Å². The number of nitrogens with one attached hydrogen (secondary N) is 2. The second-order valence-corrected chi connectivity index (χ2v) is 4.22. The first-order valence-corrected chi connectivity index (χ1v) is 6.60. The summed E-state index contributed by atoms with van der Waals surface area (Å²) in [5.74, 6) is 0.580. The number of aliphatic hydroxyl groups is 1. The summed E-state index contributed by atoms with van der Waals surface area (Å²) in [5, 5.41) is 14.4. The molecule has 1 unspecified atom stereocenters. The smallest absolute Gasteiger partial charge is 0.319 e. The molecule has 1 aromatic rings. The molecule has 0 spiro atoms. The molecule has 3 N–H and O–H groups in total. The van der Waals surface area contributed by atoms with Crippen molar-refractivity contribution in [3.8, 4) is 5.75 Å². The van der Waals surface area contributed by atoms with Gasteiger partial charge in [0.05, 0.1) is 24.9 Å². The van der Waals surface area contributed by atoms with E-state index in [0.717, 1.165) is 0 Å². The Labute approximate surface area is 119 Å². The van der Waals surface area contributed by atoms with E-state index in [1.54, 1.807) is 19.2 Å². The summed E-state index contributed by atoms with van der Waals surface area (Å²) in [6.07, 6.45) is 0.663. The monoisotopic (exact) mass is 282 g/mol. The summed E-state index contributed by atoms with van der Waals surface area (Å²) >= 11 is 0. The molecule has 0 radical (unpaired) electrons. The van der Waals surface area contributed by atoms with Crippen LogP contribution in [0.25, 0.3) is 0 Å². The van der Waals surface area contributed by atoms with Crippen molar-refractivity contribution in [2.24, 2.45) is 0 Å². The lowest BCUT2D eigenvalue weighted by Gasteiger charge is -2.16. The molecule has 0 saturated carbocycles. The number of methoxy groups -OCH3 is 1. The van der Waals surface area contributed by atoms with Crippen molar-refractivity contribution in [2.75, 3.05) is 32.2 Å². The van der Waals surface area contributed by atoms with Crippen molar-refractivity contribution in [3.05, 3.63) is 24.3 Å². The first-order chi connectivity index (χ1) is 9.71. The number of benzene rings is 1. The molecule has 2 amide bonds. The fourth-order valence-corrected chi connectivity index (χ4v) is 1.55. The predicted octanol–water partition coefficient (Wildman–Crippen LogP) is 1.60. The van der Waals surface area contributed by atoms with Gasteiger partial charge in [-0.05, 0) is 18.6 Å². The number of urea groups is 1. The van der Waals surface area contributed by atoms with Crippen molar-refractivity contribution in [2.45, 2.75) is 19.4 Å². The highest BCUT2D eigenvalue weighted by Crippen LogP contribution is 2.23. The quantitative estimate of drug-likeness (QED) is 0.633. The maximum atomic E-state index is 11.8. The van der Waals surface area contributed by atoms with E-state index >= 15 is 0 Å². The summed E-state index contributed by atoms with van der Waals surface area (Å²) in [5.41, 5.74) is 0.578. The lowest BCUT2D eigenvalue weighted by molar-refractivity contribution is 0.146. The summed E-state index contributed by atoms with van der Waals surface area (Å²) < 4.78 is 10.4. The number of para-hydroxylation sites is 2. The van der Waals surface area contributed by atoms with Gasteiger partial charge in [0.25, 0.3) is 0 Å². The van der Waals surface area contributed by atoms with E-state index in [9.17, 15) is 4.79 Å². The van der Waals surface area contributed by atoms with E-state index in [0.29, 0.717) is 31.1 Å². The number of aliphatic hydroxyl groups excluding tert-OH is 1. The van der Waals surface area contributed by atoms with Crippen molar-refractivity contribution in [1.82, 2.24) is 5.32 Å². The maximum Gasteiger partial charge on any atom is 0.319 e. The Balaban J connectivity index is 2.59. The third-order valence-electron chi connectivity index (χ3n) is 2.73. The van der Waals surface area contributed by atoms with E-state index in [1.807, 2.05) is 19.1 Å². The van der Waals surface area contributed by atoms with E-state index in [4.69, 9.17) is 14.6 Å². The zero-order chi connectivity index (χ0) is 14.8. The molecule has 0 aliphatic rings. The average Bonchev–Trinajstić information content (AvgIpc) is 2.46. The largest absolute Gasteiger partial charge is 0.489 e. The minimum Gasteiger partial charge on any atom is -0.489 e. The Morgan fingerprint density at radius 1 is 1.35 bits per heavy atom. The highest BCUT2D eigenvalue weighted by Gasteiger charge is 2.11. The molecule has 1 atom stereocenters. The van der Waals surface area contributed by atoms with Crippen LogP contribution in [0.15, 0.2) is 24.3 Å². The summed E-state index contributed by atoms with van der Waals surface area (Å²) in [6.45, 7) is 2.69. The van der Waals surface area contributed by atoms with Gasteiger partial charge in [-0.2, -0.15) is 0 Å². The fourth-order valence-electron chi connectivity index (χ4n) is 1.55. The van der Waals surface area contributed by atoms with Crippen LogP contribution in [-0.2, 0) is 4.74 Å². The van der Waals surface area contributed by atoms with Crippen molar-refractivity contribution in [3.63, 3.8) is 0 Å². The predicted molar refractivity (Wildman–Crippen MR) is 77.1 cm³/mol. The van der Waals surface area contributed by atoms with E-state index in [1.165, 1.54) is 0 Å². The van der Waals surface area contributed by atoms with E-state index in [-0.39, 0.29) is 18.7 Å². The lowest BCUT2D eigenvalue weighted by Crippen LogP contribution is -2.39. The molecule has 1 rings (SSSR count). The van der Waals surface area contributed by atoms with E-state index in [2.05, 4.69) is 10.6 Å². The van der Waals surface area contributed by atoms with Gasteiger partial charge in [0.1, 0.15) is 12.4 Å². The van der Waals surface area contributed by atoms with Crippen LogP contribution in [0.1, 0.15) is 13.3 Å². The van der Waals surface area contributed by atoms with Gasteiger partial charge >= 0.3 is 6.03 Å². The molecule has 6 nitrogen and oxygen atoms in total. The van der Waals surface area contributed by atoms with Crippen LogP contribution in [0.4, 0.5) is 10.5 Å². The molecule has 0 aromatic heterocycles. The van der Waals surface area contributed by atoms with Gasteiger partial charge in [-0.25, -0.2) is 4.79 Å². The van der Waals surface area contributed by atoms with Gasteiger partial charge in [-0.3, -0.25) is 0 Å². The number of anilines is 1. The molecule has 112 valence electrons. The Morgan fingerprint density at radius 3 is 2.75 bits per heavy atom. The van der Waals surface area contributed by atoms with Crippen LogP contribution in [0, 0.1) is 0 Å². The number of hydrogen-bond donors (Lipinski definition) is 3. The Morgan fingerprint density at radius 2 is 2.10 bits per heavy atom. The first-order valence-electron chi connectivity index (χ1n) is 6.60. The van der Waals surface area contributed by atoms with Crippen LogP contribution < -0.4 is 15.4 Å². The molecule has 0 heterocycles. The molecule has 0 aliphatic heterocycles. The van der Waals surface area contributed by atoms with Gasteiger partial charge in [0.2, 0.25) is 0 Å². The molecule has 20 heavy (non-hydrogen) atoms. The van der Waals surface area contributed by atoms with Crippen LogP contribution in [0.2, 0.25) is 0 Å². The van der Waals surface area contributed by atoms with Crippen molar-refractivity contribution >= 4 is 11.7 Å². The minimum atomic E-state index is -0.367. The maximum absolute atomic E-state index is 11.8. The molecule has 6 heteroatoms. The standard InChI is InChI=1S/C14H22N2O4/c1-3-11(10-17)15-14(18)16-12-6-4-5-7-13(12)20-9-8-19-2/h4-7,11,17H,3,8-10H2,1-2H3,(H2,15,16,18). The first kappa shape index (κ1) is 16.3. The third kappa shape index (κ3) is 5.46. The third-order valence-corrected chi connectivity index (χ3v) is 2.73. The van der Waals surface area contributed by atoms with E-state index < -0.39 is 0 Å². The molecular formula is C14H22N2O4. The Bertz CT molecular complexity index is 408. The molecular weight excluding hydrogens is 260 g/mol. The molecule has 0 aliphatic carbocycles. The zero-order valence-corrected chi connectivity index (χ0v) is 11.9. The zero-order valence-electron chi connectivity index (χ0n) is 11.9. The van der Waals surface area contributed by atoms with Gasteiger partial charge in [0.15, 0.2) is 0 Å². The van der Waals surface area contributed by atoms with Crippen molar-refractivity contribution in [1.29, 1.82) is 0 Å². The normalized spacial score (nSPS) is 11.8. The Kier molecular flexibility index (Phi) is 7.46. The van der Waals surface area contributed by atoms with Crippen LogP contribution in [0.3, 0.4) is 0 Å². The van der Waals surface area contributed by atoms with Gasteiger partial charge in [-0.1, -0.05) is 19.1 Å². The summed E-state index contributed by atoms with van der Waals surface area (Å²) in [4.78, 5) is 11.8. The number of hydrogen-bond acceptors (Lipinski definition) is 4. The topological polar surface area (TPSA) is 79.8 Å². The molecule has 1 aromatic carbocycles. The molecule has 0 fully saturated rings. The fraction of sp³-hybridized carbons (Fsp3) is 0.500. The van der Waals surface area contributed by atoms with Crippen molar-refractivity contribution < 1.29 is 19.4 Å². The second-order valence-electron chi connectivity index (χ2n) is 4.22. The number of amides is 2. The average molecular weight is 282 g/mol. The number of carbonyl (C=O) groups excluding carboxylic acids is 1. The van der Waals surface area contributed by atoms with Gasteiger partial charge in [0, 0.05) is 7.11 Å². The minimum absolute atomic E-state index is 0.0874. The van der Waals surface area contributed by atoms with Crippen LogP contribution in [-0.4, -0.2) is 44.1 Å². The highest BCUT2D eigenvalue weighted by molar-refractivity contribution is 5.91. The number of ether oxygens (including phenoxy) is 2. The SMILES string of the molecule is CCC(CO)NC(=O)Nc1ccccc1OCCOC. The molecule has 0 saturated heterocycles. The van der Waals surface area contributed by atoms with Crippen LogP contribution >= 0.6 is 0 Å². The number of rotatable bonds is 8. The van der Waals surface area contributed by atoms with Gasteiger partial charge in [-0.15, -0.1) is 0 Å². The highest BCUT2D eigenvalue weighted by atomic mass is 16.5. The molecule has 0 bridgehead atoms. The summed E-state index contributed by atoms with van der Waals surface area (Å²) in [7, 11) is 1.60. The lowest BCUT2D eigenvalue weighted by atomic mass is 10.2. The second kappa shape index (κ2) is 9.17. The van der Waals surface area contributed by atoms with Crippen LogP contribution in [0.5, 0.6) is 5.75 Å².